The van der Waals surface area contributed by atoms with Crippen molar-refractivity contribution in [3.8, 4) is 0 Å². The molecule has 0 atom stereocenters. The lowest BCUT2D eigenvalue weighted by atomic mass is 10.3. The second-order valence-corrected chi connectivity index (χ2v) is 3.15. The third-order valence-corrected chi connectivity index (χ3v) is 2.27. The van der Waals surface area contributed by atoms with Gasteiger partial charge in [-0.1, -0.05) is 6.08 Å². The van der Waals surface area contributed by atoms with E-state index in [0.29, 0.717) is 0 Å². The van der Waals surface area contributed by atoms with Gasteiger partial charge in [0.15, 0.2) is 0 Å². The summed E-state index contributed by atoms with van der Waals surface area (Å²) in [5.74, 6) is 0. The Balaban J connectivity index is 0. The maximum atomic E-state index is 8.72. The van der Waals surface area contributed by atoms with E-state index in [2.05, 4.69) is 16.4 Å². The topological polar surface area (TPSA) is 26.7 Å². The Morgan fingerprint density at radius 2 is 1.57 bits per heavy atom. The molecule has 0 aromatic heterocycles. The second kappa shape index (κ2) is 9.74. The van der Waals surface area contributed by atoms with E-state index in [-0.39, 0.29) is 31.4 Å². The van der Waals surface area contributed by atoms with Gasteiger partial charge in [-0.2, -0.15) is 0 Å². The molecule has 1 rings (SSSR count). The predicted octanol–water partition coefficient (Wildman–Crippen LogP) is 0.626. The van der Waals surface area contributed by atoms with Crippen LogP contribution in [0.2, 0.25) is 0 Å². The van der Waals surface area contributed by atoms with Crippen LogP contribution in [0.3, 0.4) is 0 Å². The average Bonchev–Trinajstić information content (AvgIpc) is 2.09. The summed E-state index contributed by atoms with van der Waals surface area (Å²) in [6.45, 7) is 10.2. The maximum absolute atomic E-state index is 8.72. The molecule has 1 heterocycles. The van der Waals surface area contributed by atoms with Crippen molar-refractivity contribution in [2.24, 2.45) is 0 Å². The van der Waals surface area contributed by atoms with Crippen LogP contribution in [-0.4, -0.2) is 60.8 Å². The van der Waals surface area contributed by atoms with Gasteiger partial charge in [-0.3, -0.25) is 9.80 Å². The van der Waals surface area contributed by atoms with Gasteiger partial charge < -0.3 is 5.11 Å². The number of β-amino-alcohol motifs (C(OH)–C–C–N with tert-alkyl or cyclic N) is 1. The van der Waals surface area contributed by atoms with Gasteiger partial charge in [-0.05, 0) is 0 Å². The van der Waals surface area contributed by atoms with Gasteiger partial charge in [0.25, 0.3) is 0 Å². The van der Waals surface area contributed by atoms with Crippen molar-refractivity contribution in [2.45, 2.75) is 0 Å². The molecule has 0 aromatic rings. The molecular weight excluding hydrogens is 223 g/mol. The van der Waals surface area contributed by atoms with Crippen LogP contribution in [-0.2, 0) is 0 Å². The van der Waals surface area contributed by atoms with Gasteiger partial charge in [0.1, 0.15) is 0 Å². The lowest BCUT2D eigenvalue weighted by Gasteiger charge is -2.33. The fourth-order valence-corrected chi connectivity index (χ4v) is 1.52. The van der Waals surface area contributed by atoms with E-state index in [1.54, 1.807) is 0 Å². The van der Waals surface area contributed by atoms with Crippen molar-refractivity contribution in [3.63, 3.8) is 0 Å². The van der Waals surface area contributed by atoms with Crippen LogP contribution in [0.15, 0.2) is 12.7 Å². The highest BCUT2D eigenvalue weighted by Gasteiger charge is 2.14. The lowest BCUT2D eigenvalue weighted by Crippen LogP contribution is -2.46. The Hall–Kier alpha value is 0.200. The van der Waals surface area contributed by atoms with Crippen molar-refractivity contribution >= 4 is 24.8 Å². The summed E-state index contributed by atoms with van der Waals surface area (Å²) in [6, 6.07) is 0. The molecule has 0 amide bonds. The molecule has 0 radical (unpaired) electrons. The van der Waals surface area contributed by atoms with E-state index < -0.39 is 0 Å². The highest BCUT2D eigenvalue weighted by molar-refractivity contribution is 5.85. The second-order valence-electron chi connectivity index (χ2n) is 3.15. The Bertz CT molecular complexity index is 139. The minimum absolute atomic E-state index is 0. The minimum atomic E-state index is 0. The summed E-state index contributed by atoms with van der Waals surface area (Å²) in [4.78, 5) is 4.67. The molecule has 86 valence electrons. The van der Waals surface area contributed by atoms with Gasteiger partial charge in [0.2, 0.25) is 0 Å². The molecule has 1 aliphatic rings. The van der Waals surface area contributed by atoms with Gasteiger partial charge in [-0.15, -0.1) is 31.4 Å². The first kappa shape index (κ1) is 16.6. The van der Waals surface area contributed by atoms with Crippen LogP contribution in [0.1, 0.15) is 0 Å². The summed E-state index contributed by atoms with van der Waals surface area (Å²) in [6.07, 6.45) is 1.95. The summed E-state index contributed by atoms with van der Waals surface area (Å²) >= 11 is 0. The normalized spacial score (nSPS) is 18.1. The number of aliphatic hydroxyl groups excluding tert-OH is 1. The standard InChI is InChI=1S/C9H18N2O.2ClH/c1-2-3-10-4-6-11(7-5-10)8-9-12;;/h2,12H,1,3-9H2;2*1H. The van der Waals surface area contributed by atoms with Crippen molar-refractivity contribution in [3.05, 3.63) is 12.7 Å². The van der Waals surface area contributed by atoms with Gasteiger partial charge >= 0.3 is 0 Å². The zero-order valence-electron chi connectivity index (χ0n) is 8.39. The van der Waals surface area contributed by atoms with Crippen LogP contribution in [0.4, 0.5) is 0 Å². The number of nitrogens with zero attached hydrogens (tertiary/aromatic N) is 2. The van der Waals surface area contributed by atoms with Crippen LogP contribution >= 0.6 is 24.8 Å². The molecule has 5 heteroatoms. The van der Waals surface area contributed by atoms with Crippen LogP contribution in [0.5, 0.6) is 0 Å². The smallest absolute Gasteiger partial charge is 0.0558 e. The third kappa shape index (κ3) is 5.83. The van der Waals surface area contributed by atoms with E-state index in [9.17, 15) is 0 Å². The molecule has 0 aliphatic carbocycles. The molecule has 1 saturated heterocycles. The van der Waals surface area contributed by atoms with Crippen LogP contribution < -0.4 is 0 Å². The molecule has 3 nitrogen and oxygen atoms in total. The molecule has 0 bridgehead atoms. The Labute approximate surface area is 98.6 Å². The molecule has 0 spiro atoms. The first-order chi connectivity index (χ1) is 5.86. The van der Waals surface area contributed by atoms with E-state index >= 15 is 0 Å². The van der Waals surface area contributed by atoms with Crippen molar-refractivity contribution in [1.82, 2.24) is 9.80 Å². The summed E-state index contributed by atoms with van der Waals surface area (Å²) in [5.41, 5.74) is 0. The zero-order valence-corrected chi connectivity index (χ0v) is 10.0. The zero-order chi connectivity index (χ0) is 8.81. The fraction of sp³-hybridized carbons (Fsp3) is 0.778. The van der Waals surface area contributed by atoms with Crippen molar-refractivity contribution in [2.75, 3.05) is 45.9 Å². The van der Waals surface area contributed by atoms with Gasteiger partial charge in [0.05, 0.1) is 6.61 Å². The summed E-state index contributed by atoms with van der Waals surface area (Å²) in [5, 5.41) is 8.72. The monoisotopic (exact) mass is 242 g/mol. The number of hydrogen-bond acceptors (Lipinski definition) is 3. The van der Waals surface area contributed by atoms with Gasteiger partial charge in [0, 0.05) is 39.3 Å². The number of rotatable bonds is 4. The Kier molecular flexibility index (Phi) is 11.6. The average molecular weight is 243 g/mol. The number of piperazine rings is 1. The van der Waals surface area contributed by atoms with Crippen molar-refractivity contribution in [1.29, 1.82) is 0 Å². The quantitative estimate of drug-likeness (QED) is 0.733. The minimum Gasteiger partial charge on any atom is -0.395 e. The maximum Gasteiger partial charge on any atom is 0.0558 e. The third-order valence-electron chi connectivity index (χ3n) is 2.27. The number of hydrogen-bond donors (Lipinski definition) is 1. The molecule has 0 saturated carbocycles. The Morgan fingerprint density at radius 3 is 2.00 bits per heavy atom. The molecule has 1 aliphatic heterocycles. The first-order valence-corrected chi connectivity index (χ1v) is 4.53. The lowest BCUT2D eigenvalue weighted by molar-refractivity contribution is 0.120. The molecule has 1 fully saturated rings. The van der Waals surface area contributed by atoms with Gasteiger partial charge in [-0.25, -0.2) is 0 Å². The van der Waals surface area contributed by atoms with E-state index in [0.717, 1.165) is 39.3 Å². The van der Waals surface area contributed by atoms with Crippen LogP contribution in [0.25, 0.3) is 0 Å². The molecule has 1 N–H and O–H groups in total. The summed E-state index contributed by atoms with van der Waals surface area (Å²) < 4.78 is 0. The number of halogens is 2. The molecule has 0 aromatic carbocycles. The highest BCUT2D eigenvalue weighted by atomic mass is 35.5. The van der Waals surface area contributed by atoms with Crippen LogP contribution in [0, 0.1) is 0 Å². The molecular formula is C9H20Cl2N2O. The number of aliphatic hydroxyl groups is 1. The van der Waals surface area contributed by atoms with E-state index in [1.807, 2.05) is 6.08 Å². The van der Waals surface area contributed by atoms with E-state index in [4.69, 9.17) is 5.11 Å². The SMILES string of the molecule is C=CCN1CCN(CCO)CC1.Cl.Cl. The van der Waals surface area contributed by atoms with E-state index in [1.165, 1.54) is 0 Å². The first-order valence-electron chi connectivity index (χ1n) is 4.53. The largest absolute Gasteiger partial charge is 0.395 e. The fourth-order valence-electron chi connectivity index (χ4n) is 1.52. The Morgan fingerprint density at radius 1 is 1.07 bits per heavy atom. The molecule has 14 heavy (non-hydrogen) atoms. The molecule has 0 unspecified atom stereocenters. The van der Waals surface area contributed by atoms with Crippen molar-refractivity contribution < 1.29 is 5.11 Å². The highest BCUT2D eigenvalue weighted by Crippen LogP contribution is 2.00. The predicted molar refractivity (Wildman–Crippen MR) is 64.7 cm³/mol. The summed E-state index contributed by atoms with van der Waals surface area (Å²) in [7, 11) is 0.